The molecule has 0 radical (unpaired) electrons. The van der Waals surface area contributed by atoms with Crippen molar-refractivity contribution in [3.8, 4) is 0 Å². The molecule has 2 rings (SSSR count). The normalized spacial score (nSPS) is 18.2. The number of nitrogens with one attached hydrogen (secondary N) is 1. The minimum atomic E-state index is -3.29. The van der Waals surface area contributed by atoms with E-state index in [0.717, 1.165) is 6.26 Å². The summed E-state index contributed by atoms with van der Waals surface area (Å²) in [5, 5.41) is 2.73. The van der Waals surface area contributed by atoms with Crippen molar-refractivity contribution in [1.29, 1.82) is 0 Å². The van der Waals surface area contributed by atoms with Crippen LogP contribution in [0.15, 0.2) is 29.2 Å². The topological polar surface area (TPSA) is 83.6 Å². The van der Waals surface area contributed by atoms with Gasteiger partial charge in [0.15, 0.2) is 9.84 Å². The third kappa shape index (κ3) is 2.92. The number of hydrogen-bond acceptors (Lipinski definition) is 4. The minimum absolute atomic E-state index is 0.162. The molecule has 6 nitrogen and oxygen atoms in total. The second-order valence-corrected chi connectivity index (χ2v) is 7.58. The van der Waals surface area contributed by atoms with Crippen molar-refractivity contribution in [2.75, 3.05) is 19.3 Å². The highest BCUT2D eigenvalue weighted by Crippen LogP contribution is 2.21. The standard InChI is InChI=1S/C14H18N2O4S/c1-14(2)13(18)15-8-9-16(14)12(17)10-4-6-11(7-5-10)21(3,19)20/h4-7H,8-9H2,1-3H3,(H,15,18). The molecule has 0 bridgehead atoms. The summed E-state index contributed by atoms with van der Waals surface area (Å²) in [6, 6.07) is 5.75. The van der Waals surface area contributed by atoms with Gasteiger partial charge in [-0.1, -0.05) is 0 Å². The smallest absolute Gasteiger partial charge is 0.254 e. The maximum atomic E-state index is 12.5. The molecule has 1 aliphatic heterocycles. The molecule has 1 heterocycles. The monoisotopic (exact) mass is 310 g/mol. The van der Waals surface area contributed by atoms with E-state index in [2.05, 4.69) is 5.32 Å². The minimum Gasteiger partial charge on any atom is -0.352 e. The Bertz CT molecular complexity index is 677. The highest BCUT2D eigenvalue weighted by atomic mass is 32.2. The van der Waals surface area contributed by atoms with Gasteiger partial charge in [0.2, 0.25) is 5.91 Å². The van der Waals surface area contributed by atoms with Crippen LogP contribution in [0.5, 0.6) is 0 Å². The van der Waals surface area contributed by atoms with Gasteiger partial charge in [-0.15, -0.1) is 0 Å². The van der Waals surface area contributed by atoms with Gasteiger partial charge in [-0.05, 0) is 38.1 Å². The molecule has 1 aliphatic rings. The third-order valence-corrected chi connectivity index (χ3v) is 4.75. The van der Waals surface area contributed by atoms with Gasteiger partial charge in [0.05, 0.1) is 4.90 Å². The van der Waals surface area contributed by atoms with E-state index in [-0.39, 0.29) is 16.7 Å². The predicted molar refractivity (Wildman–Crippen MR) is 77.7 cm³/mol. The second-order valence-electron chi connectivity index (χ2n) is 5.57. The molecule has 0 atom stereocenters. The number of benzene rings is 1. The number of piperazine rings is 1. The van der Waals surface area contributed by atoms with E-state index >= 15 is 0 Å². The summed E-state index contributed by atoms with van der Waals surface area (Å²) in [5.74, 6) is -0.482. The van der Waals surface area contributed by atoms with Gasteiger partial charge in [-0.3, -0.25) is 9.59 Å². The van der Waals surface area contributed by atoms with Crippen LogP contribution >= 0.6 is 0 Å². The number of amides is 2. The average molecular weight is 310 g/mol. The molecule has 7 heteroatoms. The van der Waals surface area contributed by atoms with Crippen LogP contribution in [0.4, 0.5) is 0 Å². The number of rotatable bonds is 2. The van der Waals surface area contributed by atoms with Crippen LogP contribution in [0.25, 0.3) is 0 Å². The van der Waals surface area contributed by atoms with Crippen LogP contribution in [0, 0.1) is 0 Å². The predicted octanol–water partition coefficient (Wildman–Crippen LogP) is 0.441. The third-order valence-electron chi connectivity index (χ3n) is 3.63. The van der Waals surface area contributed by atoms with Gasteiger partial charge < -0.3 is 10.2 Å². The van der Waals surface area contributed by atoms with Gasteiger partial charge in [-0.25, -0.2) is 8.42 Å². The van der Waals surface area contributed by atoms with Crippen molar-refractivity contribution in [3.63, 3.8) is 0 Å². The first kappa shape index (κ1) is 15.5. The fraction of sp³-hybridized carbons (Fsp3) is 0.429. The number of carbonyl (C=O) groups is 2. The summed E-state index contributed by atoms with van der Waals surface area (Å²) in [6.07, 6.45) is 1.11. The lowest BCUT2D eigenvalue weighted by molar-refractivity contribution is -0.133. The van der Waals surface area contributed by atoms with Crippen molar-refractivity contribution < 1.29 is 18.0 Å². The van der Waals surface area contributed by atoms with Crippen molar-refractivity contribution in [3.05, 3.63) is 29.8 Å². The summed E-state index contributed by atoms with van der Waals surface area (Å²) >= 11 is 0. The summed E-state index contributed by atoms with van der Waals surface area (Å²) in [7, 11) is -3.29. The SMILES string of the molecule is CC1(C)C(=O)NCCN1C(=O)c1ccc(S(C)(=O)=O)cc1. The van der Waals surface area contributed by atoms with Gasteiger partial charge in [-0.2, -0.15) is 0 Å². The molecule has 114 valence electrons. The zero-order chi connectivity index (χ0) is 15.8. The Morgan fingerprint density at radius 3 is 2.33 bits per heavy atom. The number of carbonyl (C=O) groups excluding carboxylic acids is 2. The molecule has 1 saturated heterocycles. The fourth-order valence-corrected chi connectivity index (χ4v) is 2.89. The summed E-state index contributed by atoms with van der Waals surface area (Å²) in [4.78, 5) is 26.0. The quantitative estimate of drug-likeness (QED) is 0.859. The molecular weight excluding hydrogens is 292 g/mol. The van der Waals surface area contributed by atoms with Gasteiger partial charge in [0, 0.05) is 24.9 Å². The van der Waals surface area contributed by atoms with Crippen molar-refractivity contribution in [2.24, 2.45) is 0 Å². The molecule has 1 fully saturated rings. The van der Waals surface area contributed by atoms with Crippen molar-refractivity contribution in [2.45, 2.75) is 24.3 Å². The van der Waals surface area contributed by atoms with E-state index < -0.39 is 15.4 Å². The second kappa shape index (κ2) is 5.14. The van der Waals surface area contributed by atoms with E-state index in [0.29, 0.717) is 18.7 Å². The zero-order valence-electron chi connectivity index (χ0n) is 12.2. The summed E-state index contributed by atoms with van der Waals surface area (Å²) in [5.41, 5.74) is -0.560. The summed E-state index contributed by atoms with van der Waals surface area (Å²) < 4.78 is 22.8. The van der Waals surface area contributed by atoms with Crippen molar-refractivity contribution in [1.82, 2.24) is 10.2 Å². The molecule has 0 aromatic heterocycles. The summed E-state index contributed by atoms with van der Waals surface area (Å²) in [6.45, 7) is 4.20. The van der Waals surface area contributed by atoms with Gasteiger partial charge in [0.25, 0.3) is 5.91 Å². The lowest BCUT2D eigenvalue weighted by atomic mass is 9.97. The van der Waals surface area contributed by atoms with E-state index in [4.69, 9.17) is 0 Å². The van der Waals surface area contributed by atoms with Crippen LogP contribution in [0.3, 0.4) is 0 Å². The number of nitrogens with zero attached hydrogens (tertiary/aromatic N) is 1. The largest absolute Gasteiger partial charge is 0.352 e. The van der Waals surface area contributed by atoms with E-state index in [1.165, 1.54) is 29.2 Å². The van der Waals surface area contributed by atoms with Crippen LogP contribution in [0.1, 0.15) is 24.2 Å². The molecule has 0 saturated carbocycles. The lowest BCUT2D eigenvalue weighted by Crippen LogP contribution is -2.63. The van der Waals surface area contributed by atoms with E-state index in [1.54, 1.807) is 13.8 Å². The van der Waals surface area contributed by atoms with Gasteiger partial charge >= 0.3 is 0 Å². The highest BCUT2D eigenvalue weighted by Gasteiger charge is 2.40. The molecule has 21 heavy (non-hydrogen) atoms. The lowest BCUT2D eigenvalue weighted by Gasteiger charge is -2.41. The molecule has 0 aliphatic carbocycles. The fourth-order valence-electron chi connectivity index (χ4n) is 2.26. The molecule has 1 aromatic carbocycles. The Kier molecular flexibility index (Phi) is 3.79. The molecule has 0 unspecified atom stereocenters. The van der Waals surface area contributed by atoms with E-state index in [9.17, 15) is 18.0 Å². The van der Waals surface area contributed by atoms with Crippen LogP contribution in [-0.4, -0.2) is 50.0 Å². The molecule has 1 aromatic rings. The van der Waals surface area contributed by atoms with Crippen LogP contribution in [0.2, 0.25) is 0 Å². The zero-order valence-corrected chi connectivity index (χ0v) is 13.0. The Morgan fingerprint density at radius 2 is 1.81 bits per heavy atom. The number of sulfone groups is 1. The maximum absolute atomic E-state index is 12.5. The van der Waals surface area contributed by atoms with Gasteiger partial charge in [0.1, 0.15) is 5.54 Å². The first-order valence-electron chi connectivity index (χ1n) is 6.54. The molecule has 1 N–H and O–H groups in total. The molecule has 2 amide bonds. The Morgan fingerprint density at radius 1 is 1.24 bits per heavy atom. The van der Waals surface area contributed by atoms with Crippen LogP contribution in [-0.2, 0) is 14.6 Å². The molecule has 0 spiro atoms. The van der Waals surface area contributed by atoms with Crippen LogP contribution < -0.4 is 5.32 Å². The van der Waals surface area contributed by atoms with Crippen molar-refractivity contribution >= 4 is 21.7 Å². The number of hydrogen-bond donors (Lipinski definition) is 1. The Hall–Kier alpha value is -1.89. The maximum Gasteiger partial charge on any atom is 0.254 e. The Balaban J connectivity index is 2.30. The Labute approximate surface area is 124 Å². The highest BCUT2D eigenvalue weighted by molar-refractivity contribution is 7.90. The van der Waals surface area contributed by atoms with E-state index in [1.807, 2.05) is 0 Å². The molecular formula is C14H18N2O4S. The first-order valence-corrected chi connectivity index (χ1v) is 8.43. The first-order chi connectivity index (χ1) is 9.64. The average Bonchev–Trinajstić information content (AvgIpc) is 2.40.